The minimum Gasteiger partial charge on any atom is -0.391 e. The Balaban J connectivity index is 1.37. The van der Waals surface area contributed by atoms with Crippen LogP contribution in [0.25, 0.3) is 5.69 Å². The molecule has 0 spiro atoms. The minimum atomic E-state index is -0.323. The zero-order valence-electron chi connectivity index (χ0n) is 14.2. The molecule has 0 radical (unpaired) electrons. The van der Waals surface area contributed by atoms with Crippen molar-refractivity contribution in [3.63, 3.8) is 0 Å². The third kappa shape index (κ3) is 3.65. The Bertz CT molecular complexity index is 810. The molecule has 4 rings (SSSR count). The van der Waals surface area contributed by atoms with E-state index in [1.165, 1.54) is 5.56 Å². The number of β-amino-alcohol motifs (C(OH)–C–C–N with tert-alkyl or cyclic N) is 1. The number of nitrogens with zero attached hydrogens (tertiary/aromatic N) is 4. The number of rotatable bonds is 5. The van der Waals surface area contributed by atoms with Crippen molar-refractivity contribution in [1.29, 1.82) is 0 Å². The van der Waals surface area contributed by atoms with Crippen LogP contribution in [0, 0.1) is 12.8 Å². The van der Waals surface area contributed by atoms with Crippen molar-refractivity contribution >= 4 is 0 Å². The Morgan fingerprint density at radius 2 is 2.08 bits per heavy atom. The van der Waals surface area contributed by atoms with E-state index in [0.717, 1.165) is 36.7 Å². The molecule has 0 bridgehead atoms. The van der Waals surface area contributed by atoms with Gasteiger partial charge in [0.15, 0.2) is 0 Å². The first-order chi connectivity index (χ1) is 12.2. The third-order valence-corrected chi connectivity index (χ3v) is 4.77. The maximum absolute atomic E-state index is 10.4. The molecule has 25 heavy (non-hydrogen) atoms. The van der Waals surface area contributed by atoms with Crippen molar-refractivity contribution in [1.82, 2.24) is 19.6 Å². The number of aliphatic hydroxyl groups is 1. The van der Waals surface area contributed by atoms with Gasteiger partial charge in [-0.2, -0.15) is 0 Å². The topological polar surface area (TPSA) is 67.3 Å². The van der Waals surface area contributed by atoms with E-state index < -0.39 is 0 Å². The number of aromatic nitrogens is 3. The molecule has 1 fully saturated rings. The number of likely N-dealkylation sites (tertiary alicyclic amines) is 1. The molecule has 1 aliphatic heterocycles. The van der Waals surface area contributed by atoms with E-state index in [2.05, 4.69) is 39.3 Å². The number of benzene rings is 1. The molecule has 0 saturated carbocycles. The summed E-state index contributed by atoms with van der Waals surface area (Å²) >= 11 is 0. The normalized spacial score (nSPS) is 21.0. The minimum absolute atomic E-state index is 0.192. The molecule has 1 aromatic carbocycles. The van der Waals surface area contributed by atoms with Crippen molar-refractivity contribution < 1.29 is 9.63 Å². The average Bonchev–Trinajstić information content (AvgIpc) is 3.32. The average molecular weight is 338 g/mol. The molecule has 3 heterocycles. The lowest BCUT2D eigenvalue weighted by Gasteiger charge is -2.15. The van der Waals surface area contributed by atoms with Crippen molar-refractivity contribution in [2.24, 2.45) is 5.92 Å². The van der Waals surface area contributed by atoms with E-state index in [1.807, 2.05) is 23.8 Å². The Labute approximate surface area is 146 Å². The van der Waals surface area contributed by atoms with E-state index >= 15 is 0 Å². The van der Waals surface area contributed by atoms with Crippen LogP contribution in [0.2, 0.25) is 0 Å². The lowest BCUT2D eigenvalue weighted by Crippen LogP contribution is -2.21. The van der Waals surface area contributed by atoms with E-state index in [4.69, 9.17) is 4.52 Å². The lowest BCUT2D eigenvalue weighted by atomic mass is 10.0. The fraction of sp³-hybridized carbons (Fsp3) is 0.368. The van der Waals surface area contributed by atoms with Gasteiger partial charge in [0.2, 0.25) is 0 Å². The molecule has 2 aromatic heterocycles. The van der Waals surface area contributed by atoms with Crippen molar-refractivity contribution in [3.05, 3.63) is 66.1 Å². The van der Waals surface area contributed by atoms with Gasteiger partial charge >= 0.3 is 0 Å². The van der Waals surface area contributed by atoms with Crippen LogP contribution in [0.5, 0.6) is 0 Å². The SMILES string of the molecule is Cc1cc(C[C@@H]2CN(Cc3ccc(-n4ccnc4)cc3)C[C@H]2O)on1. The van der Waals surface area contributed by atoms with E-state index in [0.29, 0.717) is 6.54 Å². The van der Waals surface area contributed by atoms with Crippen LogP contribution in [0.1, 0.15) is 17.0 Å². The monoisotopic (exact) mass is 338 g/mol. The second-order valence-corrected chi connectivity index (χ2v) is 6.80. The maximum Gasteiger partial charge on any atom is 0.137 e. The number of aryl methyl sites for hydroxylation is 1. The Morgan fingerprint density at radius 3 is 2.76 bits per heavy atom. The van der Waals surface area contributed by atoms with Crippen LogP contribution in [0.15, 0.2) is 53.6 Å². The fourth-order valence-corrected chi connectivity index (χ4v) is 3.49. The molecule has 3 aromatic rings. The van der Waals surface area contributed by atoms with Crippen LogP contribution in [-0.4, -0.2) is 43.9 Å². The molecule has 0 unspecified atom stereocenters. The summed E-state index contributed by atoms with van der Waals surface area (Å²) in [5.41, 5.74) is 3.23. The van der Waals surface area contributed by atoms with Crippen molar-refractivity contribution in [3.8, 4) is 5.69 Å². The van der Waals surface area contributed by atoms with Gasteiger partial charge < -0.3 is 14.2 Å². The Morgan fingerprint density at radius 1 is 1.24 bits per heavy atom. The van der Waals surface area contributed by atoms with Crippen LogP contribution < -0.4 is 0 Å². The molecule has 1 N–H and O–H groups in total. The number of hydrogen-bond acceptors (Lipinski definition) is 5. The predicted molar refractivity (Wildman–Crippen MR) is 93.3 cm³/mol. The quantitative estimate of drug-likeness (QED) is 0.772. The van der Waals surface area contributed by atoms with Gasteiger partial charge in [-0.25, -0.2) is 4.98 Å². The lowest BCUT2D eigenvalue weighted by molar-refractivity contribution is 0.137. The van der Waals surface area contributed by atoms with Gasteiger partial charge in [-0.15, -0.1) is 0 Å². The first-order valence-electron chi connectivity index (χ1n) is 8.57. The van der Waals surface area contributed by atoms with Crippen LogP contribution in [-0.2, 0) is 13.0 Å². The molecule has 2 atom stereocenters. The Hall–Kier alpha value is -2.44. The zero-order chi connectivity index (χ0) is 17.2. The van der Waals surface area contributed by atoms with Crippen LogP contribution in [0.3, 0.4) is 0 Å². The summed E-state index contributed by atoms with van der Waals surface area (Å²) in [7, 11) is 0. The van der Waals surface area contributed by atoms with Gasteiger partial charge in [0, 0.05) is 56.1 Å². The molecule has 1 saturated heterocycles. The third-order valence-electron chi connectivity index (χ3n) is 4.77. The zero-order valence-corrected chi connectivity index (χ0v) is 14.2. The number of aliphatic hydroxyl groups excluding tert-OH is 1. The van der Waals surface area contributed by atoms with Crippen molar-refractivity contribution in [2.45, 2.75) is 26.0 Å². The first kappa shape index (κ1) is 16.1. The highest BCUT2D eigenvalue weighted by Crippen LogP contribution is 2.23. The summed E-state index contributed by atoms with van der Waals surface area (Å²) in [6, 6.07) is 10.4. The summed E-state index contributed by atoms with van der Waals surface area (Å²) in [6.07, 6.45) is 5.91. The van der Waals surface area contributed by atoms with Gasteiger partial charge in [-0.05, 0) is 24.6 Å². The summed E-state index contributed by atoms with van der Waals surface area (Å²) in [5.74, 6) is 1.05. The fourth-order valence-electron chi connectivity index (χ4n) is 3.49. The van der Waals surface area contributed by atoms with Gasteiger partial charge in [0.25, 0.3) is 0 Å². The van der Waals surface area contributed by atoms with Gasteiger partial charge in [0.05, 0.1) is 18.1 Å². The first-order valence-corrected chi connectivity index (χ1v) is 8.57. The van der Waals surface area contributed by atoms with E-state index in [9.17, 15) is 5.11 Å². The summed E-state index contributed by atoms with van der Waals surface area (Å²) in [5, 5.41) is 14.3. The highest BCUT2D eigenvalue weighted by molar-refractivity contribution is 5.34. The highest BCUT2D eigenvalue weighted by atomic mass is 16.5. The molecule has 0 aliphatic carbocycles. The number of hydrogen-bond donors (Lipinski definition) is 1. The molecular weight excluding hydrogens is 316 g/mol. The molecule has 6 nitrogen and oxygen atoms in total. The van der Waals surface area contributed by atoms with Gasteiger partial charge in [-0.3, -0.25) is 4.90 Å². The predicted octanol–water partition coefficient (Wildman–Crippen LogP) is 2.20. The highest BCUT2D eigenvalue weighted by Gasteiger charge is 2.32. The van der Waals surface area contributed by atoms with E-state index in [-0.39, 0.29) is 12.0 Å². The summed E-state index contributed by atoms with van der Waals surface area (Å²) in [4.78, 5) is 6.37. The molecule has 6 heteroatoms. The number of imidazole rings is 1. The second-order valence-electron chi connectivity index (χ2n) is 6.80. The molecule has 130 valence electrons. The molecular formula is C19H22N4O2. The Kier molecular flexibility index (Phi) is 4.38. The van der Waals surface area contributed by atoms with Crippen LogP contribution >= 0.6 is 0 Å². The summed E-state index contributed by atoms with van der Waals surface area (Å²) in [6.45, 7) is 4.32. The maximum atomic E-state index is 10.4. The van der Waals surface area contributed by atoms with Gasteiger partial charge in [0.1, 0.15) is 5.76 Å². The second kappa shape index (κ2) is 6.82. The molecule has 0 amide bonds. The standard InChI is InChI=1S/C19H22N4O2/c1-14-8-18(25-21-14)9-16-11-22(12-19(16)24)10-15-2-4-17(5-3-15)23-7-6-20-13-23/h2-8,13,16,19,24H,9-12H2,1H3/t16-,19-/m1/s1. The molecule has 1 aliphatic rings. The summed E-state index contributed by atoms with van der Waals surface area (Å²) < 4.78 is 7.27. The van der Waals surface area contributed by atoms with E-state index in [1.54, 1.807) is 12.5 Å². The smallest absolute Gasteiger partial charge is 0.137 e. The van der Waals surface area contributed by atoms with Crippen molar-refractivity contribution in [2.75, 3.05) is 13.1 Å². The van der Waals surface area contributed by atoms with Gasteiger partial charge in [-0.1, -0.05) is 17.3 Å². The van der Waals surface area contributed by atoms with Crippen LogP contribution in [0.4, 0.5) is 0 Å². The largest absolute Gasteiger partial charge is 0.391 e.